The number of halogens is 1. The lowest BCUT2D eigenvalue weighted by Gasteiger charge is -2.30. The molecule has 1 N–H and O–H groups in total. The van der Waals surface area contributed by atoms with Crippen molar-refractivity contribution >= 4 is 0 Å². The fourth-order valence-corrected chi connectivity index (χ4v) is 2.61. The number of rotatable bonds is 5. The highest BCUT2D eigenvalue weighted by atomic mass is 19.1. The molecule has 0 heterocycles. The molecule has 1 nitrogen and oxygen atoms in total. The van der Waals surface area contributed by atoms with Gasteiger partial charge in [-0.2, -0.15) is 0 Å². The van der Waals surface area contributed by atoms with E-state index in [4.69, 9.17) is 0 Å². The molecule has 94 valence electrons. The first kappa shape index (κ1) is 12.6. The Kier molecular flexibility index (Phi) is 4.16. The molecular formula is C15H22FN. The maximum absolute atomic E-state index is 13.4. The molecule has 0 aliphatic heterocycles. The third kappa shape index (κ3) is 3.29. The van der Waals surface area contributed by atoms with E-state index in [2.05, 4.69) is 18.3 Å². The van der Waals surface area contributed by atoms with Gasteiger partial charge in [-0.3, -0.25) is 0 Å². The summed E-state index contributed by atoms with van der Waals surface area (Å²) in [7, 11) is 0. The Balaban J connectivity index is 2.12. The molecule has 1 aliphatic carbocycles. The highest BCUT2D eigenvalue weighted by Gasteiger charge is 2.22. The van der Waals surface area contributed by atoms with Gasteiger partial charge in [-0.05, 0) is 49.1 Å². The normalized spacial score (nSPS) is 17.8. The van der Waals surface area contributed by atoms with Crippen LogP contribution in [0.2, 0.25) is 0 Å². The summed E-state index contributed by atoms with van der Waals surface area (Å²) >= 11 is 0. The van der Waals surface area contributed by atoms with E-state index < -0.39 is 0 Å². The SMILES string of the molecule is CCNC(CC1CCC1)c1cc(C)cc(F)c1. The van der Waals surface area contributed by atoms with E-state index in [0.29, 0.717) is 6.04 Å². The lowest BCUT2D eigenvalue weighted by atomic mass is 9.79. The van der Waals surface area contributed by atoms with Crippen LogP contribution in [0.4, 0.5) is 4.39 Å². The minimum Gasteiger partial charge on any atom is -0.310 e. The Bertz CT molecular complexity index is 351. The van der Waals surface area contributed by atoms with E-state index in [-0.39, 0.29) is 5.82 Å². The first-order valence-electron chi connectivity index (χ1n) is 6.69. The fraction of sp³-hybridized carbons (Fsp3) is 0.600. The van der Waals surface area contributed by atoms with Crippen molar-refractivity contribution in [2.24, 2.45) is 5.92 Å². The van der Waals surface area contributed by atoms with Crippen molar-refractivity contribution in [1.82, 2.24) is 5.32 Å². The van der Waals surface area contributed by atoms with Crippen molar-refractivity contribution in [3.8, 4) is 0 Å². The van der Waals surface area contributed by atoms with Gasteiger partial charge in [-0.15, -0.1) is 0 Å². The second-order valence-electron chi connectivity index (χ2n) is 5.20. The predicted molar refractivity (Wildman–Crippen MR) is 69.5 cm³/mol. The van der Waals surface area contributed by atoms with E-state index >= 15 is 0 Å². The molecule has 0 saturated heterocycles. The second kappa shape index (κ2) is 5.63. The zero-order chi connectivity index (χ0) is 12.3. The van der Waals surface area contributed by atoms with E-state index in [1.165, 1.54) is 19.3 Å². The summed E-state index contributed by atoms with van der Waals surface area (Å²) in [4.78, 5) is 0. The van der Waals surface area contributed by atoms with Crippen LogP contribution in [-0.4, -0.2) is 6.54 Å². The molecule has 1 saturated carbocycles. The highest BCUT2D eigenvalue weighted by molar-refractivity contribution is 5.26. The van der Waals surface area contributed by atoms with Crippen LogP contribution >= 0.6 is 0 Å². The van der Waals surface area contributed by atoms with Crippen molar-refractivity contribution in [1.29, 1.82) is 0 Å². The monoisotopic (exact) mass is 235 g/mol. The van der Waals surface area contributed by atoms with Gasteiger partial charge in [-0.1, -0.05) is 32.3 Å². The lowest BCUT2D eigenvalue weighted by Crippen LogP contribution is -2.26. The minimum absolute atomic E-state index is 0.114. The minimum atomic E-state index is -0.114. The summed E-state index contributed by atoms with van der Waals surface area (Å²) < 4.78 is 13.4. The third-order valence-electron chi connectivity index (χ3n) is 3.71. The molecule has 17 heavy (non-hydrogen) atoms. The van der Waals surface area contributed by atoms with Crippen molar-refractivity contribution in [3.05, 3.63) is 35.1 Å². The van der Waals surface area contributed by atoms with Gasteiger partial charge in [0, 0.05) is 6.04 Å². The van der Waals surface area contributed by atoms with Crippen LogP contribution in [0, 0.1) is 18.7 Å². The topological polar surface area (TPSA) is 12.0 Å². The molecular weight excluding hydrogens is 213 g/mol. The Morgan fingerprint density at radius 2 is 2.12 bits per heavy atom. The lowest BCUT2D eigenvalue weighted by molar-refractivity contribution is 0.262. The summed E-state index contributed by atoms with van der Waals surface area (Å²) in [6, 6.07) is 5.70. The van der Waals surface area contributed by atoms with E-state index in [1.807, 2.05) is 6.92 Å². The van der Waals surface area contributed by atoms with Crippen molar-refractivity contribution < 1.29 is 4.39 Å². The van der Waals surface area contributed by atoms with Gasteiger partial charge >= 0.3 is 0 Å². The first-order valence-corrected chi connectivity index (χ1v) is 6.69. The van der Waals surface area contributed by atoms with Crippen LogP contribution in [0.15, 0.2) is 18.2 Å². The molecule has 0 spiro atoms. The molecule has 0 bridgehead atoms. The van der Waals surface area contributed by atoms with Crippen LogP contribution in [-0.2, 0) is 0 Å². The molecule has 0 aromatic heterocycles. The molecule has 2 heteroatoms. The van der Waals surface area contributed by atoms with Gasteiger partial charge in [0.05, 0.1) is 0 Å². The number of nitrogens with one attached hydrogen (secondary N) is 1. The standard InChI is InChI=1S/C15H22FN/c1-3-17-15(9-12-5-4-6-12)13-7-11(2)8-14(16)10-13/h7-8,10,12,15,17H,3-6,9H2,1-2H3. The summed E-state index contributed by atoms with van der Waals surface area (Å²) in [5, 5.41) is 3.49. The fourth-order valence-electron chi connectivity index (χ4n) is 2.61. The smallest absolute Gasteiger partial charge is 0.123 e. The molecule has 1 aliphatic rings. The van der Waals surface area contributed by atoms with Crippen LogP contribution in [0.3, 0.4) is 0 Å². The van der Waals surface area contributed by atoms with Crippen molar-refractivity contribution in [2.45, 2.75) is 45.6 Å². The Morgan fingerprint density at radius 1 is 1.35 bits per heavy atom. The van der Waals surface area contributed by atoms with Crippen molar-refractivity contribution in [2.75, 3.05) is 6.54 Å². The average molecular weight is 235 g/mol. The maximum atomic E-state index is 13.4. The summed E-state index contributed by atoms with van der Waals surface area (Å²) in [6.45, 7) is 5.01. The van der Waals surface area contributed by atoms with Crippen LogP contribution in [0.25, 0.3) is 0 Å². The second-order valence-corrected chi connectivity index (χ2v) is 5.20. The summed E-state index contributed by atoms with van der Waals surface area (Å²) in [5.74, 6) is 0.721. The molecule has 0 amide bonds. The molecule has 2 rings (SSSR count). The summed E-state index contributed by atoms with van der Waals surface area (Å²) in [5.41, 5.74) is 2.12. The van der Waals surface area contributed by atoms with Gasteiger partial charge in [-0.25, -0.2) is 4.39 Å². The predicted octanol–water partition coefficient (Wildman–Crippen LogP) is 3.97. The Labute approximate surface area is 103 Å². The van der Waals surface area contributed by atoms with Gasteiger partial charge in [0.2, 0.25) is 0 Å². The molecule has 1 unspecified atom stereocenters. The Hall–Kier alpha value is -0.890. The zero-order valence-electron chi connectivity index (χ0n) is 10.8. The number of hydrogen-bond donors (Lipinski definition) is 1. The Morgan fingerprint density at radius 3 is 2.65 bits per heavy atom. The van der Waals surface area contributed by atoms with Gasteiger partial charge in [0.15, 0.2) is 0 Å². The van der Waals surface area contributed by atoms with E-state index in [9.17, 15) is 4.39 Å². The molecule has 1 atom stereocenters. The highest BCUT2D eigenvalue weighted by Crippen LogP contribution is 2.35. The van der Waals surface area contributed by atoms with E-state index in [1.54, 1.807) is 12.1 Å². The zero-order valence-corrected chi connectivity index (χ0v) is 10.8. The molecule has 1 aromatic rings. The van der Waals surface area contributed by atoms with Crippen LogP contribution in [0.5, 0.6) is 0 Å². The number of hydrogen-bond acceptors (Lipinski definition) is 1. The average Bonchev–Trinajstić information content (AvgIpc) is 2.20. The van der Waals surface area contributed by atoms with Gasteiger partial charge in [0.25, 0.3) is 0 Å². The summed E-state index contributed by atoms with van der Waals surface area (Å²) in [6.07, 6.45) is 5.20. The van der Waals surface area contributed by atoms with Gasteiger partial charge in [0.1, 0.15) is 5.82 Å². The first-order chi connectivity index (χ1) is 8.19. The van der Waals surface area contributed by atoms with Gasteiger partial charge < -0.3 is 5.32 Å². The maximum Gasteiger partial charge on any atom is 0.123 e. The van der Waals surface area contributed by atoms with Crippen LogP contribution < -0.4 is 5.32 Å². The van der Waals surface area contributed by atoms with E-state index in [0.717, 1.165) is 30.0 Å². The van der Waals surface area contributed by atoms with Crippen molar-refractivity contribution in [3.63, 3.8) is 0 Å². The third-order valence-corrected chi connectivity index (χ3v) is 3.71. The molecule has 0 radical (unpaired) electrons. The molecule has 1 aromatic carbocycles. The molecule has 1 fully saturated rings. The number of aryl methyl sites for hydroxylation is 1. The van der Waals surface area contributed by atoms with Crippen LogP contribution in [0.1, 0.15) is 49.8 Å². The quantitative estimate of drug-likeness (QED) is 0.814. The number of benzene rings is 1. The largest absolute Gasteiger partial charge is 0.310 e.